The summed E-state index contributed by atoms with van der Waals surface area (Å²) in [4.78, 5) is 0. The first-order valence-corrected chi connectivity index (χ1v) is 6.75. The van der Waals surface area contributed by atoms with Gasteiger partial charge in [0.15, 0.2) is 0 Å². The van der Waals surface area contributed by atoms with E-state index in [1.165, 1.54) is 17.6 Å². The maximum absolute atomic E-state index is 5.21. The van der Waals surface area contributed by atoms with Gasteiger partial charge in [0.2, 0.25) is 12.3 Å². The smallest absolute Gasteiger partial charge is 0.247 e. The summed E-state index contributed by atoms with van der Waals surface area (Å²) in [6.07, 6.45) is 2.46. The van der Waals surface area contributed by atoms with Gasteiger partial charge in [-0.2, -0.15) is 0 Å². The first-order valence-electron chi connectivity index (χ1n) is 6.75. The largest absolute Gasteiger partial charge is 0.423 e. The number of nitrogens with zero attached hydrogens (tertiary/aromatic N) is 2. The summed E-state index contributed by atoms with van der Waals surface area (Å²) in [6, 6.07) is 6.66. The van der Waals surface area contributed by atoms with Crippen molar-refractivity contribution in [2.45, 2.75) is 40.2 Å². The van der Waals surface area contributed by atoms with E-state index in [1.807, 2.05) is 6.07 Å². The molecule has 1 aromatic heterocycles. The molecule has 102 valence electrons. The molecule has 0 amide bonds. The lowest BCUT2D eigenvalue weighted by atomic mass is 10.0. The summed E-state index contributed by atoms with van der Waals surface area (Å²) >= 11 is 0. The van der Waals surface area contributed by atoms with Gasteiger partial charge in [-0.15, -0.1) is 10.2 Å². The molecule has 4 nitrogen and oxygen atoms in total. The molecule has 1 heterocycles. The van der Waals surface area contributed by atoms with Gasteiger partial charge in [0.1, 0.15) is 0 Å². The lowest BCUT2D eigenvalue weighted by Crippen LogP contribution is -2.24. The van der Waals surface area contributed by atoms with Crippen molar-refractivity contribution >= 4 is 5.69 Å². The number of anilines is 1. The summed E-state index contributed by atoms with van der Waals surface area (Å²) in [5.41, 5.74) is 3.32. The zero-order valence-corrected chi connectivity index (χ0v) is 12.0. The molecule has 0 fully saturated rings. The van der Waals surface area contributed by atoms with E-state index >= 15 is 0 Å². The van der Waals surface area contributed by atoms with Crippen LogP contribution in [0.2, 0.25) is 0 Å². The topological polar surface area (TPSA) is 51.0 Å². The molecule has 2 rings (SSSR count). The number of hydrogen-bond acceptors (Lipinski definition) is 4. The molecule has 19 heavy (non-hydrogen) atoms. The molecule has 0 spiro atoms. The lowest BCUT2D eigenvalue weighted by molar-refractivity contribution is 0.511. The van der Waals surface area contributed by atoms with Crippen molar-refractivity contribution in [1.82, 2.24) is 10.2 Å². The van der Waals surface area contributed by atoms with E-state index in [0.29, 0.717) is 17.9 Å². The van der Waals surface area contributed by atoms with Crippen LogP contribution < -0.4 is 5.32 Å². The highest BCUT2D eigenvalue weighted by Gasteiger charge is 2.12. The minimum atomic E-state index is 0.493. The normalized spacial score (nSPS) is 12.7. The number of hydrogen-bond donors (Lipinski definition) is 1. The maximum Gasteiger partial charge on any atom is 0.247 e. The number of aromatic nitrogens is 2. The number of benzene rings is 1. The molecule has 0 saturated carbocycles. The van der Waals surface area contributed by atoms with Crippen LogP contribution in [0.4, 0.5) is 5.69 Å². The van der Waals surface area contributed by atoms with E-state index in [2.05, 4.69) is 55.3 Å². The van der Waals surface area contributed by atoms with Crippen LogP contribution in [-0.2, 0) is 0 Å². The van der Waals surface area contributed by atoms with Gasteiger partial charge in [-0.05, 0) is 43.0 Å². The average molecular weight is 259 g/mol. The first-order chi connectivity index (χ1) is 9.11. The third-order valence-corrected chi connectivity index (χ3v) is 3.42. The summed E-state index contributed by atoms with van der Waals surface area (Å²) in [5.74, 6) is 1.17. The van der Waals surface area contributed by atoms with Crippen LogP contribution in [0.3, 0.4) is 0 Å². The summed E-state index contributed by atoms with van der Waals surface area (Å²) in [6.45, 7) is 8.78. The van der Waals surface area contributed by atoms with Gasteiger partial charge in [-0.25, -0.2) is 0 Å². The fourth-order valence-corrected chi connectivity index (χ4v) is 2.20. The fraction of sp³-hybridized carbons (Fsp3) is 0.467. The second-order valence-corrected chi connectivity index (χ2v) is 5.18. The van der Waals surface area contributed by atoms with Crippen molar-refractivity contribution in [2.24, 2.45) is 5.92 Å². The summed E-state index contributed by atoms with van der Waals surface area (Å²) in [5, 5.41) is 11.2. The maximum atomic E-state index is 5.21. The average Bonchev–Trinajstić information content (AvgIpc) is 2.90. The van der Waals surface area contributed by atoms with Crippen LogP contribution in [0.15, 0.2) is 29.0 Å². The first kappa shape index (κ1) is 13.6. The van der Waals surface area contributed by atoms with Crippen LogP contribution in [0.5, 0.6) is 0 Å². The van der Waals surface area contributed by atoms with Crippen LogP contribution in [0.1, 0.15) is 32.8 Å². The Morgan fingerprint density at radius 1 is 1.32 bits per heavy atom. The molecule has 0 aliphatic carbocycles. The quantitative estimate of drug-likeness (QED) is 0.885. The van der Waals surface area contributed by atoms with E-state index in [0.717, 1.165) is 12.0 Å². The van der Waals surface area contributed by atoms with Crippen LogP contribution in [0, 0.1) is 12.8 Å². The highest BCUT2D eigenvalue weighted by atomic mass is 16.4. The Labute approximate surface area is 114 Å². The fourth-order valence-electron chi connectivity index (χ4n) is 2.20. The van der Waals surface area contributed by atoms with Crippen molar-refractivity contribution in [1.29, 1.82) is 0 Å². The minimum absolute atomic E-state index is 0.493. The van der Waals surface area contributed by atoms with Gasteiger partial charge in [0.05, 0.1) is 0 Å². The summed E-state index contributed by atoms with van der Waals surface area (Å²) < 4.78 is 5.21. The third kappa shape index (κ3) is 3.13. The SMILES string of the molecule is CCC(Nc1ccc(-c2nnco2)cc1C)C(C)C. The Hall–Kier alpha value is -1.84. The highest BCUT2D eigenvalue weighted by molar-refractivity contribution is 5.62. The van der Waals surface area contributed by atoms with Gasteiger partial charge in [0.25, 0.3) is 0 Å². The molecule has 0 saturated heterocycles. The third-order valence-electron chi connectivity index (χ3n) is 3.42. The van der Waals surface area contributed by atoms with Gasteiger partial charge >= 0.3 is 0 Å². The molecule has 0 aliphatic heterocycles. The minimum Gasteiger partial charge on any atom is -0.423 e. The molecular weight excluding hydrogens is 238 g/mol. The van der Waals surface area contributed by atoms with Gasteiger partial charge in [-0.3, -0.25) is 0 Å². The van der Waals surface area contributed by atoms with Crippen LogP contribution in [-0.4, -0.2) is 16.2 Å². The van der Waals surface area contributed by atoms with Gasteiger partial charge in [0, 0.05) is 17.3 Å². The van der Waals surface area contributed by atoms with Gasteiger partial charge < -0.3 is 9.73 Å². The molecule has 1 N–H and O–H groups in total. The van der Waals surface area contributed by atoms with Gasteiger partial charge in [-0.1, -0.05) is 20.8 Å². The van der Waals surface area contributed by atoms with E-state index in [-0.39, 0.29) is 0 Å². The van der Waals surface area contributed by atoms with Crippen molar-refractivity contribution in [3.63, 3.8) is 0 Å². The monoisotopic (exact) mass is 259 g/mol. The molecule has 0 bridgehead atoms. The molecule has 0 aliphatic rings. The van der Waals surface area contributed by atoms with Crippen molar-refractivity contribution in [3.8, 4) is 11.5 Å². The zero-order chi connectivity index (χ0) is 13.8. The molecule has 2 aromatic rings. The lowest BCUT2D eigenvalue weighted by Gasteiger charge is -2.23. The van der Waals surface area contributed by atoms with Crippen molar-refractivity contribution in [3.05, 3.63) is 30.2 Å². The molecular formula is C15H21N3O. The molecule has 1 atom stereocenters. The van der Waals surface area contributed by atoms with E-state index in [4.69, 9.17) is 4.42 Å². The highest BCUT2D eigenvalue weighted by Crippen LogP contribution is 2.25. The standard InChI is InChI=1S/C15H21N3O/c1-5-13(10(2)3)17-14-7-6-12(8-11(14)4)15-18-16-9-19-15/h6-10,13,17H,5H2,1-4H3. The number of nitrogens with one attached hydrogen (secondary N) is 1. The Bertz CT molecular complexity index is 520. The predicted molar refractivity (Wildman–Crippen MR) is 77.0 cm³/mol. The number of aryl methyl sites for hydroxylation is 1. The Balaban J connectivity index is 2.20. The molecule has 1 aromatic carbocycles. The second kappa shape index (κ2) is 5.87. The molecule has 4 heteroatoms. The van der Waals surface area contributed by atoms with Crippen LogP contribution in [0.25, 0.3) is 11.5 Å². The number of rotatable bonds is 5. The van der Waals surface area contributed by atoms with E-state index in [9.17, 15) is 0 Å². The Morgan fingerprint density at radius 2 is 2.11 bits per heavy atom. The second-order valence-electron chi connectivity index (χ2n) is 5.18. The predicted octanol–water partition coefficient (Wildman–Crippen LogP) is 3.89. The van der Waals surface area contributed by atoms with Crippen LogP contribution >= 0.6 is 0 Å². The molecule has 1 unspecified atom stereocenters. The Morgan fingerprint density at radius 3 is 2.63 bits per heavy atom. The zero-order valence-electron chi connectivity index (χ0n) is 12.0. The van der Waals surface area contributed by atoms with Crippen molar-refractivity contribution in [2.75, 3.05) is 5.32 Å². The van der Waals surface area contributed by atoms with Crippen molar-refractivity contribution < 1.29 is 4.42 Å². The summed E-state index contributed by atoms with van der Waals surface area (Å²) in [7, 11) is 0. The van der Waals surface area contributed by atoms with E-state index < -0.39 is 0 Å². The molecule has 0 radical (unpaired) electrons. The van der Waals surface area contributed by atoms with E-state index in [1.54, 1.807) is 0 Å². The Kier molecular flexibility index (Phi) is 4.20.